The molecule has 0 unspecified atom stereocenters. The summed E-state index contributed by atoms with van der Waals surface area (Å²) in [5.74, 6) is 3.06. The van der Waals surface area contributed by atoms with Crippen molar-refractivity contribution in [3.63, 3.8) is 0 Å². The average molecular weight is 503 g/mol. The Kier molecular flexibility index (Phi) is 11.3. The second-order valence-corrected chi connectivity index (χ2v) is 12.7. The predicted octanol–water partition coefficient (Wildman–Crippen LogP) is 6.75. The minimum absolute atomic E-state index is 0.188. The zero-order valence-electron chi connectivity index (χ0n) is 23.6. The monoisotopic (exact) mass is 502 g/mol. The van der Waals surface area contributed by atoms with E-state index in [2.05, 4.69) is 46.4 Å². The van der Waals surface area contributed by atoms with Crippen LogP contribution < -0.4 is 0 Å². The van der Waals surface area contributed by atoms with Crippen molar-refractivity contribution in [2.75, 3.05) is 13.2 Å². The number of hydrogen-bond acceptors (Lipinski definition) is 4. The summed E-state index contributed by atoms with van der Waals surface area (Å²) >= 11 is 0. The summed E-state index contributed by atoms with van der Waals surface area (Å²) in [6, 6.07) is 0. The zero-order valence-corrected chi connectivity index (χ0v) is 23.6. The fraction of sp³-hybridized carbons (Fsp3) is 0.812. The molecule has 0 saturated heterocycles. The van der Waals surface area contributed by atoms with Gasteiger partial charge in [-0.1, -0.05) is 71.3 Å². The van der Waals surface area contributed by atoms with E-state index in [0.29, 0.717) is 29.9 Å². The van der Waals surface area contributed by atoms with Crippen molar-refractivity contribution in [3.8, 4) is 0 Å². The van der Waals surface area contributed by atoms with Crippen molar-refractivity contribution in [3.05, 3.63) is 35.5 Å². The Hall–Kier alpha value is -0.940. The van der Waals surface area contributed by atoms with Crippen LogP contribution in [0.3, 0.4) is 0 Å². The first-order valence-electron chi connectivity index (χ1n) is 14.9. The second-order valence-electron chi connectivity index (χ2n) is 12.7. The van der Waals surface area contributed by atoms with Gasteiger partial charge < -0.3 is 20.1 Å². The lowest BCUT2D eigenvalue weighted by molar-refractivity contribution is -0.0956. The van der Waals surface area contributed by atoms with Crippen LogP contribution in [0.1, 0.15) is 105 Å². The minimum atomic E-state index is -0.879. The number of allylic oxidation sites excluding steroid dienone is 3. The maximum absolute atomic E-state index is 10.8. The number of unbranched alkanes of at least 4 members (excludes halogenated alkanes) is 2. The van der Waals surface area contributed by atoms with Crippen LogP contribution >= 0.6 is 0 Å². The molecule has 3 aliphatic carbocycles. The first-order chi connectivity index (χ1) is 17.2. The van der Waals surface area contributed by atoms with E-state index in [-0.39, 0.29) is 6.61 Å². The Morgan fingerprint density at radius 2 is 1.83 bits per heavy atom. The standard InChI is InChI=1S/C32H54O4/c1-22(2)11-9-12-23(3)27-16-17-28-25(13-10-18-32(27,28)5)14-15-26-21-29(34)31(30(35)24(26)4)36-20-8-6-7-19-33/h14-15,22-23,27-31,33-35H,4,6-13,16-21H2,1-3,5H3/b25-14+,26-15+/t23-,27-,28+,29-,30+,31-,32-/m1/s1. The molecule has 206 valence electrons. The predicted molar refractivity (Wildman–Crippen MR) is 149 cm³/mol. The third kappa shape index (κ3) is 7.12. The van der Waals surface area contributed by atoms with Crippen molar-refractivity contribution in [1.82, 2.24) is 0 Å². The first kappa shape index (κ1) is 29.6. The molecular formula is C32H54O4. The molecule has 0 aliphatic heterocycles. The van der Waals surface area contributed by atoms with Gasteiger partial charge in [0, 0.05) is 19.6 Å². The molecule has 0 radical (unpaired) electrons. The summed E-state index contributed by atoms with van der Waals surface area (Å²) in [5.41, 5.74) is 3.59. The van der Waals surface area contributed by atoms with Crippen molar-refractivity contribution >= 4 is 0 Å². The molecule has 0 aromatic heterocycles. The van der Waals surface area contributed by atoms with Crippen molar-refractivity contribution < 1.29 is 20.1 Å². The topological polar surface area (TPSA) is 69.9 Å². The maximum atomic E-state index is 10.8. The van der Waals surface area contributed by atoms with E-state index in [9.17, 15) is 10.2 Å². The smallest absolute Gasteiger partial charge is 0.114 e. The van der Waals surface area contributed by atoms with E-state index < -0.39 is 18.3 Å². The van der Waals surface area contributed by atoms with Crippen LogP contribution in [0.5, 0.6) is 0 Å². The normalized spacial score (nSPS) is 36.1. The number of rotatable bonds is 12. The Morgan fingerprint density at radius 1 is 1.06 bits per heavy atom. The number of fused-ring (bicyclic) bond motifs is 1. The van der Waals surface area contributed by atoms with Gasteiger partial charge in [-0.15, -0.1) is 0 Å². The molecule has 0 amide bonds. The van der Waals surface area contributed by atoms with E-state index >= 15 is 0 Å². The molecule has 3 N–H and O–H groups in total. The number of aliphatic hydroxyl groups excluding tert-OH is 3. The zero-order chi connectivity index (χ0) is 26.3. The minimum Gasteiger partial charge on any atom is -0.396 e. The van der Waals surface area contributed by atoms with Crippen molar-refractivity contribution in [1.29, 1.82) is 0 Å². The molecule has 7 atom stereocenters. The number of aliphatic hydroxyl groups is 3. The van der Waals surface area contributed by atoms with E-state index in [4.69, 9.17) is 9.84 Å². The second kappa shape index (κ2) is 13.7. The molecule has 3 fully saturated rings. The third-order valence-corrected chi connectivity index (χ3v) is 9.67. The van der Waals surface area contributed by atoms with E-state index in [0.717, 1.165) is 49.0 Å². The Morgan fingerprint density at radius 3 is 2.56 bits per heavy atom. The molecule has 3 aliphatic rings. The van der Waals surface area contributed by atoms with Crippen LogP contribution in [0.4, 0.5) is 0 Å². The summed E-state index contributed by atoms with van der Waals surface area (Å²) in [4.78, 5) is 0. The van der Waals surface area contributed by atoms with Crippen molar-refractivity contribution in [2.45, 2.75) is 123 Å². The summed E-state index contributed by atoms with van der Waals surface area (Å²) < 4.78 is 5.83. The van der Waals surface area contributed by atoms with Crippen LogP contribution in [0.15, 0.2) is 35.5 Å². The molecule has 0 aromatic carbocycles. The van der Waals surface area contributed by atoms with Gasteiger partial charge in [-0.2, -0.15) is 0 Å². The van der Waals surface area contributed by atoms with Gasteiger partial charge >= 0.3 is 0 Å². The highest BCUT2D eigenvalue weighted by Gasteiger charge is 2.50. The van der Waals surface area contributed by atoms with Gasteiger partial charge in [0.1, 0.15) is 12.2 Å². The lowest BCUT2D eigenvalue weighted by Crippen LogP contribution is -2.45. The van der Waals surface area contributed by atoms with E-state index in [1.165, 1.54) is 44.9 Å². The van der Waals surface area contributed by atoms with Crippen LogP contribution in [0.2, 0.25) is 0 Å². The Labute approximate surface area is 220 Å². The summed E-state index contributed by atoms with van der Waals surface area (Å²) in [7, 11) is 0. The highest BCUT2D eigenvalue weighted by atomic mass is 16.5. The molecule has 3 saturated carbocycles. The summed E-state index contributed by atoms with van der Waals surface area (Å²) in [6.45, 7) is 14.6. The molecule has 36 heavy (non-hydrogen) atoms. The third-order valence-electron chi connectivity index (χ3n) is 9.67. The molecule has 0 bridgehead atoms. The molecular weight excluding hydrogens is 448 g/mol. The lowest BCUT2D eigenvalue weighted by atomic mass is 9.60. The maximum Gasteiger partial charge on any atom is 0.114 e. The highest BCUT2D eigenvalue weighted by molar-refractivity contribution is 5.40. The quantitative estimate of drug-likeness (QED) is 0.258. The Bertz CT molecular complexity index is 768. The van der Waals surface area contributed by atoms with Crippen LogP contribution in [-0.4, -0.2) is 46.8 Å². The van der Waals surface area contributed by atoms with E-state index in [1.54, 1.807) is 5.57 Å². The highest BCUT2D eigenvalue weighted by Crippen LogP contribution is 2.60. The van der Waals surface area contributed by atoms with Gasteiger partial charge in [-0.05, 0) is 91.6 Å². The largest absolute Gasteiger partial charge is 0.396 e. The fourth-order valence-corrected chi connectivity index (χ4v) is 7.53. The molecule has 0 aromatic rings. The fourth-order valence-electron chi connectivity index (χ4n) is 7.53. The van der Waals surface area contributed by atoms with E-state index in [1.807, 2.05) is 0 Å². The molecule has 4 nitrogen and oxygen atoms in total. The van der Waals surface area contributed by atoms with Crippen LogP contribution in [0.25, 0.3) is 0 Å². The van der Waals surface area contributed by atoms with Gasteiger partial charge in [-0.3, -0.25) is 0 Å². The molecule has 4 heteroatoms. The van der Waals surface area contributed by atoms with Gasteiger partial charge in [0.15, 0.2) is 0 Å². The van der Waals surface area contributed by atoms with Crippen LogP contribution in [-0.2, 0) is 4.74 Å². The number of ether oxygens (including phenoxy) is 1. The van der Waals surface area contributed by atoms with Gasteiger partial charge in [0.25, 0.3) is 0 Å². The van der Waals surface area contributed by atoms with Gasteiger partial charge in [0.2, 0.25) is 0 Å². The first-order valence-corrected chi connectivity index (χ1v) is 14.9. The number of hydrogen-bond donors (Lipinski definition) is 3. The van der Waals surface area contributed by atoms with Gasteiger partial charge in [-0.25, -0.2) is 0 Å². The van der Waals surface area contributed by atoms with Crippen molar-refractivity contribution in [2.24, 2.45) is 29.1 Å². The molecule has 3 rings (SSSR count). The molecule has 0 heterocycles. The molecule has 0 spiro atoms. The van der Waals surface area contributed by atoms with Gasteiger partial charge in [0.05, 0.1) is 6.10 Å². The SMILES string of the molecule is C=C1/C(=C/C=C2\CCC[C@]3(C)[C@@H]([C@H](C)CCCC(C)C)CC[C@@H]23)C[C@@H](O)[C@@H](OCCCCCO)[C@H]1O. The summed E-state index contributed by atoms with van der Waals surface area (Å²) in [5, 5.41) is 30.5. The van der Waals surface area contributed by atoms with Crippen LogP contribution in [0, 0.1) is 29.1 Å². The Balaban J connectivity index is 1.63. The average Bonchev–Trinajstić information content (AvgIpc) is 3.19. The summed E-state index contributed by atoms with van der Waals surface area (Å²) in [6.07, 6.45) is 15.6. The lowest BCUT2D eigenvalue weighted by Gasteiger charge is -2.44.